The summed E-state index contributed by atoms with van der Waals surface area (Å²) in [5, 5.41) is 6.48. The number of ketones is 1. The lowest BCUT2D eigenvalue weighted by molar-refractivity contribution is -0.118. The molecule has 4 aliphatic rings. The summed E-state index contributed by atoms with van der Waals surface area (Å²) in [4.78, 5) is 23.8. The molecule has 0 unspecified atom stereocenters. The van der Waals surface area contributed by atoms with Gasteiger partial charge < -0.3 is 10.6 Å². The van der Waals surface area contributed by atoms with Crippen LogP contribution in [0.3, 0.4) is 0 Å². The third-order valence-electron chi connectivity index (χ3n) is 6.90. The maximum absolute atomic E-state index is 12.5. The first-order chi connectivity index (χ1) is 12.4. The summed E-state index contributed by atoms with van der Waals surface area (Å²) in [7, 11) is 0. The molecular weight excluding hydrogens is 324 g/mol. The van der Waals surface area contributed by atoms with Gasteiger partial charge in [0, 0.05) is 17.8 Å². The van der Waals surface area contributed by atoms with E-state index < -0.39 is 0 Å². The molecule has 140 valence electrons. The fraction of sp³-hybridized carbons (Fsp3) is 0.636. The molecule has 1 aromatic rings. The van der Waals surface area contributed by atoms with E-state index in [1.54, 1.807) is 31.2 Å². The highest BCUT2D eigenvalue weighted by molar-refractivity contribution is 5.96. The first-order valence-electron chi connectivity index (χ1n) is 10.1. The van der Waals surface area contributed by atoms with E-state index in [0.717, 1.165) is 30.0 Å². The summed E-state index contributed by atoms with van der Waals surface area (Å²) in [5.41, 5.74) is 1.84. The van der Waals surface area contributed by atoms with Gasteiger partial charge in [0.05, 0.1) is 6.04 Å². The molecule has 4 saturated carbocycles. The number of carbonyl (C=O) groups excluding carboxylic acids is 2. The Kier molecular flexibility index (Phi) is 4.64. The van der Waals surface area contributed by atoms with E-state index in [1.807, 2.05) is 6.92 Å². The number of carbonyl (C=O) groups is 2. The number of anilines is 1. The Morgan fingerprint density at radius 3 is 2.08 bits per heavy atom. The minimum atomic E-state index is -0.213. The fourth-order valence-electron chi connectivity index (χ4n) is 6.01. The van der Waals surface area contributed by atoms with Gasteiger partial charge in [-0.1, -0.05) is 0 Å². The molecule has 5 rings (SSSR count). The van der Waals surface area contributed by atoms with Crippen LogP contribution in [0.15, 0.2) is 24.3 Å². The van der Waals surface area contributed by atoms with Gasteiger partial charge in [-0.15, -0.1) is 0 Å². The van der Waals surface area contributed by atoms with Crippen LogP contribution in [0.4, 0.5) is 5.69 Å². The minimum absolute atomic E-state index is 0.00898. The molecule has 0 saturated heterocycles. The predicted octanol–water partition coefficient (Wildman–Crippen LogP) is 4.02. The van der Waals surface area contributed by atoms with Crippen LogP contribution in [-0.4, -0.2) is 24.3 Å². The molecule has 1 aromatic carbocycles. The zero-order valence-corrected chi connectivity index (χ0v) is 15.9. The van der Waals surface area contributed by atoms with Gasteiger partial charge in [0.2, 0.25) is 5.91 Å². The average Bonchev–Trinajstić information content (AvgIpc) is 2.59. The summed E-state index contributed by atoms with van der Waals surface area (Å²) >= 11 is 0. The summed E-state index contributed by atoms with van der Waals surface area (Å²) in [6.45, 7) is 4.46. The number of Topliss-reactive ketones (excluding diaryl/α,β-unsaturated/α-hetero) is 1. The van der Waals surface area contributed by atoms with E-state index in [9.17, 15) is 9.59 Å². The molecule has 4 bridgehead atoms. The number of amides is 1. The van der Waals surface area contributed by atoms with E-state index in [4.69, 9.17) is 0 Å². The van der Waals surface area contributed by atoms with Gasteiger partial charge in [0.25, 0.3) is 0 Å². The van der Waals surface area contributed by atoms with Crippen LogP contribution in [0, 0.1) is 23.2 Å². The van der Waals surface area contributed by atoms with E-state index in [2.05, 4.69) is 10.6 Å². The van der Waals surface area contributed by atoms with E-state index in [0.29, 0.717) is 11.0 Å². The molecule has 2 N–H and O–H groups in total. The number of nitrogens with one attached hydrogen (secondary N) is 2. The second-order valence-corrected chi connectivity index (χ2v) is 9.14. The van der Waals surface area contributed by atoms with Gasteiger partial charge in [-0.3, -0.25) is 9.59 Å². The Morgan fingerprint density at radius 1 is 1.04 bits per heavy atom. The van der Waals surface area contributed by atoms with E-state index in [-0.39, 0.29) is 17.7 Å². The Morgan fingerprint density at radius 2 is 1.58 bits per heavy atom. The van der Waals surface area contributed by atoms with Gasteiger partial charge in [-0.2, -0.15) is 0 Å². The Labute approximate surface area is 156 Å². The molecule has 0 radical (unpaired) electrons. The topological polar surface area (TPSA) is 58.2 Å². The van der Waals surface area contributed by atoms with E-state index in [1.165, 1.54) is 38.5 Å². The maximum Gasteiger partial charge on any atom is 0.241 e. The van der Waals surface area contributed by atoms with E-state index >= 15 is 0 Å². The molecule has 0 aromatic heterocycles. The Hall–Kier alpha value is -1.68. The van der Waals surface area contributed by atoms with Gasteiger partial charge >= 0.3 is 0 Å². The van der Waals surface area contributed by atoms with Crippen molar-refractivity contribution >= 4 is 17.4 Å². The van der Waals surface area contributed by atoms with Crippen LogP contribution in [0.2, 0.25) is 0 Å². The average molecular weight is 354 g/mol. The number of benzene rings is 1. The Balaban J connectivity index is 1.31. The van der Waals surface area contributed by atoms with Crippen molar-refractivity contribution in [2.45, 2.75) is 58.4 Å². The second kappa shape index (κ2) is 6.80. The third-order valence-corrected chi connectivity index (χ3v) is 6.90. The van der Waals surface area contributed by atoms with Crippen LogP contribution in [0.5, 0.6) is 0 Å². The second-order valence-electron chi connectivity index (χ2n) is 9.14. The lowest BCUT2D eigenvalue weighted by atomic mass is 9.49. The maximum atomic E-state index is 12.5. The summed E-state index contributed by atoms with van der Waals surface area (Å²) < 4.78 is 0. The summed E-state index contributed by atoms with van der Waals surface area (Å²) in [5.74, 6) is 2.84. The monoisotopic (exact) mass is 354 g/mol. The fourth-order valence-corrected chi connectivity index (χ4v) is 6.01. The van der Waals surface area contributed by atoms with Gasteiger partial charge in [-0.05, 0) is 99.8 Å². The van der Waals surface area contributed by atoms with Crippen molar-refractivity contribution in [1.29, 1.82) is 0 Å². The summed E-state index contributed by atoms with van der Waals surface area (Å²) in [6, 6.07) is 6.88. The first kappa shape index (κ1) is 17.7. The van der Waals surface area contributed by atoms with Crippen molar-refractivity contribution < 1.29 is 9.59 Å². The summed E-state index contributed by atoms with van der Waals surface area (Å²) in [6.07, 6.45) is 8.41. The van der Waals surface area contributed by atoms with Crippen LogP contribution >= 0.6 is 0 Å². The minimum Gasteiger partial charge on any atom is -0.325 e. The molecule has 26 heavy (non-hydrogen) atoms. The van der Waals surface area contributed by atoms with Crippen molar-refractivity contribution in [3.63, 3.8) is 0 Å². The van der Waals surface area contributed by atoms with Crippen LogP contribution in [0.25, 0.3) is 0 Å². The number of hydrogen-bond acceptors (Lipinski definition) is 3. The molecular formula is C22H30N2O2. The van der Waals surface area contributed by atoms with Crippen molar-refractivity contribution in [1.82, 2.24) is 5.32 Å². The SMILES string of the molecule is CC(=O)c1ccc(NC(=O)[C@H](C)NCC23CC4CC(CC(C4)C2)C3)cc1. The quantitative estimate of drug-likeness (QED) is 0.759. The highest BCUT2D eigenvalue weighted by Crippen LogP contribution is 2.59. The lowest BCUT2D eigenvalue weighted by Gasteiger charge is -2.57. The third kappa shape index (κ3) is 3.57. The first-order valence-corrected chi connectivity index (χ1v) is 10.1. The predicted molar refractivity (Wildman–Crippen MR) is 103 cm³/mol. The van der Waals surface area contributed by atoms with Crippen LogP contribution in [0.1, 0.15) is 62.7 Å². The normalized spacial score (nSPS) is 33.1. The molecule has 4 aliphatic carbocycles. The molecule has 0 aliphatic heterocycles. The van der Waals surface area contributed by atoms with Crippen molar-refractivity contribution in [3.05, 3.63) is 29.8 Å². The number of hydrogen-bond donors (Lipinski definition) is 2. The largest absolute Gasteiger partial charge is 0.325 e. The molecule has 1 atom stereocenters. The zero-order valence-electron chi connectivity index (χ0n) is 15.9. The van der Waals surface area contributed by atoms with Crippen LogP contribution in [-0.2, 0) is 4.79 Å². The molecule has 0 heterocycles. The smallest absolute Gasteiger partial charge is 0.241 e. The zero-order chi connectivity index (χ0) is 18.3. The lowest BCUT2D eigenvalue weighted by Crippen LogP contribution is -2.52. The molecule has 4 heteroatoms. The van der Waals surface area contributed by atoms with Gasteiger partial charge in [0.1, 0.15) is 0 Å². The molecule has 0 spiro atoms. The molecule has 4 nitrogen and oxygen atoms in total. The van der Waals surface area contributed by atoms with Crippen molar-refractivity contribution in [2.24, 2.45) is 23.2 Å². The standard InChI is InChI=1S/C22H30N2O2/c1-14(21(26)24-20-5-3-19(4-6-20)15(2)25)23-13-22-10-16-7-17(11-22)9-18(8-16)12-22/h3-6,14,16-18,23H,7-13H2,1-2H3,(H,24,26)/t14-,16?,17?,18?,22?/m0/s1. The van der Waals surface area contributed by atoms with Crippen molar-refractivity contribution in [2.75, 3.05) is 11.9 Å². The van der Waals surface area contributed by atoms with Gasteiger partial charge in [-0.25, -0.2) is 0 Å². The van der Waals surface area contributed by atoms with Gasteiger partial charge in [0.15, 0.2) is 5.78 Å². The highest BCUT2D eigenvalue weighted by Gasteiger charge is 2.50. The number of rotatable bonds is 6. The molecule has 4 fully saturated rings. The molecule has 1 amide bonds. The highest BCUT2D eigenvalue weighted by atomic mass is 16.2. The van der Waals surface area contributed by atoms with Crippen LogP contribution < -0.4 is 10.6 Å². The van der Waals surface area contributed by atoms with Crippen molar-refractivity contribution in [3.8, 4) is 0 Å². The Bertz CT molecular complexity index is 659.